The molecule has 0 aliphatic carbocycles. The second-order valence-electron chi connectivity index (χ2n) is 13.7. The Kier molecular flexibility index (Phi) is 10.4. The summed E-state index contributed by atoms with van der Waals surface area (Å²) in [6.07, 6.45) is -2.93. The molecular weight excluding hydrogens is 774 g/mol. The molecule has 0 bridgehead atoms. The van der Waals surface area contributed by atoms with Crippen molar-refractivity contribution in [2.24, 2.45) is 0 Å². The summed E-state index contributed by atoms with van der Waals surface area (Å²) < 4.78 is 58.9. The highest BCUT2D eigenvalue weighted by Gasteiger charge is 2.33. The van der Waals surface area contributed by atoms with E-state index in [0.29, 0.717) is 35.2 Å². The third-order valence-corrected chi connectivity index (χ3v) is 9.96. The Morgan fingerprint density at radius 1 is 1.02 bits per heavy atom. The number of aromatic nitrogens is 7. The van der Waals surface area contributed by atoms with Crippen LogP contribution in [0.25, 0.3) is 22.8 Å². The van der Waals surface area contributed by atoms with E-state index in [2.05, 4.69) is 25.5 Å². The van der Waals surface area contributed by atoms with Gasteiger partial charge in [-0.15, -0.1) is 5.10 Å². The van der Waals surface area contributed by atoms with Crippen molar-refractivity contribution in [3.8, 4) is 17.1 Å². The molecule has 1 saturated heterocycles. The van der Waals surface area contributed by atoms with Crippen LogP contribution in [0.1, 0.15) is 39.9 Å². The monoisotopic (exact) mass is 809 g/mol. The molecule has 57 heavy (non-hydrogen) atoms. The van der Waals surface area contributed by atoms with Gasteiger partial charge in [-0.2, -0.15) is 27.8 Å². The summed E-state index contributed by atoms with van der Waals surface area (Å²) in [5.74, 6) is -2.04. The maximum absolute atomic E-state index is 15.2. The predicted molar refractivity (Wildman–Crippen MR) is 202 cm³/mol. The first-order chi connectivity index (χ1) is 27.0. The number of hydrogen-bond acceptors (Lipinski definition) is 10. The Bertz CT molecular complexity index is 2610. The lowest BCUT2D eigenvalue weighted by Crippen LogP contribution is -2.51. The lowest BCUT2D eigenvalue weighted by Gasteiger charge is -2.36. The van der Waals surface area contributed by atoms with E-state index in [1.165, 1.54) is 26.2 Å². The number of halogens is 5. The summed E-state index contributed by atoms with van der Waals surface area (Å²) in [6, 6.07) is 8.64. The first kappa shape index (κ1) is 39.2. The van der Waals surface area contributed by atoms with Gasteiger partial charge in [0.2, 0.25) is 11.7 Å². The molecule has 5 heterocycles. The molecule has 15 nitrogen and oxygen atoms in total. The molecule has 0 atom stereocenters. The average Bonchev–Trinajstić information content (AvgIpc) is 3.84. The fraction of sp³-hybridized carbons (Fsp3) is 0.324. The van der Waals surface area contributed by atoms with Gasteiger partial charge in [0.25, 0.3) is 11.5 Å². The number of anilines is 2. The third-order valence-electron chi connectivity index (χ3n) is 9.65. The van der Waals surface area contributed by atoms with Crippen LogP contribution in [0.4, 0.5) is 28.9 Å². The fourth-order valence-electron chi connectivity index (χ4n) is 6.84. The second-order valence-corrected chi connectivity index (χ2v) is 14.2. The van der Waals surface area contributed by atoms with E-state index in [1.54, 1.807) is 51.0 Å². The van der Waals surface area contributed by atoms with Crippen molar-refractivity contribution in [3.05, 3.63) is 98.1 Å². The number of fused-ring (bicyclic) bond motifs is 2. The molecule has 2 aromatic carbocycles. The van der Waals surface area contributed by atoms with E-state index in [0.717, 1.165) is 16.6 Å². The quantitative estimate of drug-likeness (QED) is 0.197. The highest BCUT2D eigenvalue weighted by molar-refractivity contribution is 6.33. The van der Waals surface area contributed by atoms with Crippen molar-refractivity contribution in [2.75, 3.05) is 50.5 Å². The number of aromatic hydroxyl groups is 1. The lowest BCUT2D eigenvalue weighted by molar-refractivity contribution is -0.137. The lowest BCUT2D eigenvalue weighted by atomic mass is 10.1. The zero-order valence-corrected chi connectivity index (χ0v) is 31.9. The van der Waals surface area contributed by atoms with Gasteiger partial charge in [0.05, 0.1) is 33.9 Å². The molecule has 0 unspecified atom stereocenters. The number of carbonyl (C=O) groups excluding carboxylic acids is 2. The molecule has 1 aliphatic rings. The smallest absolute Gasteiger partial charge is 0.416 e. The number of benzene rings is 2. The fourth-order valence-corrected chi connectivity index (χ4v) is 7.07. The van der Waals surface area contributed by atoms with Gasteiger partial charge in [-0.25, -0.2) is 13.9 Å². The number of piperazine rings is 1. The van der Waals surface area contributed by atoms with Crippen LogP contribution in [0.15, 0.2) is 53.5 Å². The Balaban J connectivity index is 1.25. The van der Waals surface area contributed by atoms with Crippen LogP contribution in [-0.4, -0.2) is 101 Å². The molecule has 2 N–H and O–H groups in total. The Hall–Kier alpha value is -6.08. The molecule has 1 aliphatic heterocycles. The number of nitrogens with zero attached hydrogens (tertiary/aromatic N) is 10. The van der Waals surface area contributed by atoms with Crippen molar-refractivity contribution in [3.63, 3.8) is 0 Å². The van der Waals surface area contributed by atoms with Crippen molar-refractivity contribution < 1.29 is 32.3 Å². The molecule has 1 fully saturated rings. The molecule has 2 amide bonds. The van der Waals surface area contributed by atoms with Crippen molar-refractivity contribution in [1.82, 2.24) is 43.6 Å². The minimum absolute atomic E-state index is 0.00900. The predicted octanol–water partition coefficient (Wildman–Crippen LogP) is 4.65. The maximum atomic E-state index is 15.2. The van der Waals surface area contributed by atoms with E-state index in [4.69, 9.17) is 11.6 Å². The van der Waals surface area contributed by atoms with Gasteiger partial charge in [-0.05, 0) is 51.7 Å². The zero-order valence-electron chi connectivity index (χ0n) is 31.1. The number of amides is 2. The molecule has 6 aromatic rings. The van der Waals surface area contributed by atoms with Crippen molar-refractivity contribution >= 4 is 46.2 Å². The van der Waals surface area contributed by atoms with E-state index in [-0.39, 0.29) is 77.6 Å². The van der Waals surface area contributed by atoms with E-state index in [9.17, 15) is 32.7 Å². The van der Waals surface area contributed by atoms with E-state index < -0.39 is 41.5 Å². The Morgan fingerprint density at radius 3 is 2.40 bits per heavy atom. The summed E-state index contributed by atoms with van der Waals surface area (Å²) >= 11 is 6.14. The standard InChI is InChI=1S/C37H36ClF4N11O4/c1-5-27-31(49-12-14-50(15-13-49)34(56)30-32(55)20(2)52-28(45-30)10-11-43-52)35(57)53-36(46-33(47-53)21-6-7-22(18-48(3)4)25(39)16-21)51(27)19-29(54)44-26-9-8-23(17-24(26)38)37(40,41)42/h6-11,16-17,55H,5,12-15,18-19H2,1-4H3,(H,44,54). The van der Waals surface area contributed by atoms with Crippen LogP contribution in [0.2, 0.25) is 5.02 Å². The topological polar surface area (TPSA) is 158 Å². The van der Waals surface area contributed by atoms with Crippen molar-refractivity contribution in [2.45, 2.75) is 39.5 Å². The highest BCUT2D eigenvalue weighted by Crippen LogP contribution is 2.34. The molecule has 7 rings (SSSR count). The molecular formula is C37H36ClF4N11O4. The minimum Gasteiger partial charge on any atom is -0.504 e. The van der Waals surface area contributed by atoms with Crippen molar-refractivity contribution in [1.29, 1.82) is 0 Å². The third kappa shape index (κ3) is 7.46. The first-order valence-electron chi connectivity index (χ1n) is 17.8. The van der Waals surface area contributed by atoms with Crippen LogP contribution < -0.4 is 15.8 Å². The average molecular weight is 810 g/mol. The molecule has 0 saturated carbocycles. The summed E-state index contributed by atoms with van der Waals surface area (Å²) in [5, 5.41) is 21.6. The SMILES string of the molecule is CCc1c(N2CCN(C(=O)c3nc4ccnn4c(C)c3O)CC2)c(=O)n2nc(-c3ccc(CN(C)C)c(F)c3)nc2n1CC(=O)Nc1ccc(C(F)(F)F)cc1Cl. The molecule has 4 aromatic heterocycles. The molecule has 298 valence electrons. The van der Waals surface area contributed by atoms with Gasteiger partial charge >= 0.3 is 6.18 Å². The van der Waals surface area contributed by atoms with E-state index in [1.807, 2.05) is 4.90 Å². The second kappa shape index (κ2) is 15.1. The number of aryl methyl sites for hydroxylation is 1. The zero-order chi connectivity index (χ0) is 40.9. The number of nitrogens with one attached hydrogen (secondary N) is 1. The van der Waals surface area contributed by atoms with Gasteiger partial charge in [0, 0.05) is 49.9 Å². The maximum Gasteiger partial charge on any atom is 0.416 e. The van der Waals surface area contributed by atoms with Crippen LogP contribution in [0, 0.1) is 12.7 Å². The minimum atomic E-state index is -4.65. The summed E-state index contributed by atoms with van der Waals surface area (Å²) in [6.45, 7) is 3.87. The largest absolute Gasteiger partial charge is 0.504 e. The normalized spacial score (nSPS) is 13.6. The van der Waals surface area contributed by atoms with E-state index >= 15 is 4.39 Å². The Morgan fingerprint density at radius 2 is 1.75 bits per heavy atom. The summed E-state index contributed by atoms with van der Waals surface area (Å²) in [7, 11) is 3.61. The molecule has 0 spiro atoms. The summed E-state index contributed by atoms with van der Waals surface area (Å²) in [5.41, 5.74) is 0.242. The first-order valence-corrected chi connectivity index (χ1v) is 18.1. The van der Waals surface area contributed by atoms with Crippen LogP contribution in [0.3, 0.4) is 0 Å². The van der Waals surface area contributed by atoms with Gasteiger partial charge in [-0.1, -0.05) is 30.7 Å². The Labute approximate surface area is 326 Å². The van der Waals surface area contributed by atoms with Gasteiger partial charge < -0.3 is 29.7 Å². The van der Waals surface area contributed by atoms with Crippen LogP contribution in [0.5, 0.6) is 5.75 Å². The van der Waals surface area contributed by atoms with Crippen LogP contribution in [-0.2, 0) is 30.5 Å². The van der Waals surface area contributed by atoms with Gasteiger partial charge in [0.1, 0.15) is 18.0 Å². The highest BCUT2D eigenvalue weighted by atomic mass is 35.5. The van der Waals surface area contributed by atoms with Gasteiger partial charge in [-0.3, -0.25) is 14.4 Å². The number of hydrogen-bond donors (Lipinski definition) is 2. The number of alkyl halides is 3. The number of rotatable bonds is 9. The van der Waals surface area contributed by atoms with Gasteiger partial charge in [0.15, 0.2) is 22.9 Å². The van der Waals surface area contributed by atoms with Crippen LogP contribution >= 0.6 is 11.6 Å². The number of carbonyl (C=O) groups is 2. The molecule has 20 heteroatoms. The summed E-state index contributed by atoms with van der Waals surface area (Å²) in [4.78, 5) is 55.6. The molecule has 0 radical (unpaired) electrons.